The zero-order chi connectivity index (χ0) is 32.0. The molecule has 0 saturated carbocycles. The number of ether oxygens (including phenoxy) is 1. The minimum atomic E-state index is -1.00. The number of benzene rings is 1. The molecule has 1 aliphatic heterocycles. The number of hydrogen-bond acceptors (Lipinski definition) is 8. The van der Waals surface area contributed by atoms with Crippen molar-refractivity contribution in [1.82, 2.24) is 39.7 Å². The number of anilines is 1. The first kappa shape index (κ1) is 29.8. The average Bonchev–Trinajstić information content (AvgIpc) is 3.71. The van der Waals surface area contributed by atoms with Crippen LogP contribution < -0.4 is 10.9 Å². The third-order valence-corrected chi connectivity index (χ3v) is 7.39. The number of rotatable bonds is 6. The van der Waals surface area contributed by atoms with Gasteiger partial charge < -0.3 is 14.3 Å². The third kappa shape index (κ3) is 5.83. The molecule has 0 spiro atoms. The summed E-state index contributed by atoms with van der Waals surface area (Å²) in [7, 11) is 0. The first-order valence-electron chi connectivity index (χ1n) is 13.8. The number of amides is 1. The quantitative estimate of drug-likeness (QED) is 0.184. The van der Waals surface area contributed by atoms with E-state index in [1.54, 1.807) is 45.0 Å². The van der Waals surface area contributed by atoms with E-state index in [0.717, 1.165) is 0 Å². The number of carbonyl (C=O) groups is 1. The molecule has 0 fully saturated rings. The number of tetrazole rings is 1. The van der Waals surface area contributed by atoms with Gasteiger partial charge in [-0.05, 0) is 79.6 Å². The lowest BCUT2D eigenvalue weighted by molar-refractivity contribution is 0.0635. The van der Waals surface area contributed by atoms with E-state index in [4.69, 9.17) is 16.3 Å². The number of aromatic nitrogens is 8. The van der Waals surface area contributed by atoms with Gasteiger partial charge in [0.25, 0.3) is 5.56 Å². The van der Waals surface area contributed by atoms with E-state index < -0.39 is 41.1 Å². The molecule has 2 atom stereocenters. The summed E-state index contributed by atoms with van der Waals surface area (Å²) in [6.45, 7) is 8.97. The molecule has 0 unspecified atom stereocenters. The first-order valence-corrected chi connectivity index (χ1v) is 14.1. The molecule has 0 bridgehead atoms. The molecule has 1 amide bonds. The maximum absolute atomic E-state index is 15.5. The van der Waals surface area contributed by atoms with E-state index in [0.29, 0.717) is 34.0 Å². The van der Waals surface area contributed by atoms with Crippen molar-refractivity contribution >= 4 is 23.5 Å². The van der Waals surface area contributed by atoms with Crippen LogP contribution in [0.25, 0.3) is 28.2 Å². The van der Waals surface area contributed by atoms with Gasteiger partial charge in [0.05, 0.1) is 23.0 Å². The van der Waals surface area contributed by atoms with Crippen molar-refractivity contribution in [1.29, 1.82) is 0 Å². The maximum Gasteiger partial charge on any atom is 0.413 e. The van der Waals surface area contributed by atoms with Gasteiger partial charge in [0.15, 0.2) is 0 Å². The number of imidazole rings is 1. The van der Waals surface area contributed by atoms with Crippen LogP contribution in [-0.2, 0) is 11.2 Å². The third-order valence-electron chi connectivity index (χ3n) is 7.16. The predicted octanol–water partition coefficient (Wildman–Crippen LogP) is 5.50. The van der Waals surface area contributed by atoms with Crippen molar-refractivity contribution in [3.63, 3.8) is 0 Å². The standard InChI is InChI=1S/C30H26ClF2N9O3/c1-5-15-10-18-11-16(20-13-17(31)6-8-21(20)41-14-34-39-40-41)12-23(43)42(18)25(15)24-27(33)38-28(37-24)19-7-9-22(35-26(19)32)36-29(44)45-30(2,3)4/h5-9,11-15,25H,1,10H2,2-4H3,(H,37,38)(H,35,36,44)/t15-,25-/m0/s1. The number of allylic oxidation sites excluding steroid dienone is 1. The Bertz CT molecular complexity index is 2000. The predicted molar refractivity (Wildman–Crippen MR) is 161 cm³/mol. The molecule has 1 aromatic carbocycles. The fourth-order valence-corrected chi connectivity index (χ4v) is 5.52. The highest BCUT2D eigenvalue weighted by Gasteiger charge is 2.37. The molecular formula is C30H26ClF2N9O3. The zero-order valence-electron chi connectivity index (χ0n) is 24.3. The summed E-state index contributed by atoms with van der Waals surface area (Å²) in [5, 5.41) is 14.1. The highest BCUT2D eigenvalue weighted by Crippen LogP contribution is 2.39. The minimum Gasteiger partial charge on any atom is -0.444 e. The van der Waals surface area contributed by atoms with Gasteiger partial charge in [0.1, 0.15) is 23.6 Å². The SMILES string of the molecule is C=C[C@H]1Cc2cc(-c3cc(Cl)ccc3-n3cnnn3)cc(=O)n2[C@@H]1c1[nH]c(-c2ccc(NC(=O)OC(C)(C)C)nc2F)nc1F. The number of halogens is 3. The number of pyridine rings is 2. The summed E-state index contributed by atoms with van der Waals surface area (Å²) in [5.41, 5.74) is 1.10. The Morgan fingerprint density at radius 2 is 1.93 bits per heavy atom. The summed E-state index contributed by atoms with van der Waals surface area (Å²) in [5.74, 6) is -2.53. The van der Waals surface area contributed by atoms with Gasteiger partial charge in [0.2, 0.25) is 11.9 Å². The fraction of sp³-hybridized carbons (Fsp3) is 0.233. The molecule has 230 valence electrons. The molecule has 0 radical (unpaired) electrons. The van der Waals surface area contributed by atoms with Crippen LogP contribution in [0.1, 0.15) is 38.2 Å². The molecule has 45 heavy (non-hydrogen) atoms. The van der Waals surface area contributed by atoms with E-state index >= 15 is 8.78 Å². The van der Waals surface area contributed by atoms with Crippen molar-refractivity contribution in [2.75, 3.05) is 5.32 Å². The fourth-order valence-electron chi connectivity index (χ4n) is 5.35. The topological polar surface area (TPSA) is 146 Å². The van der Waals surface area contributed by atoms with E-state index in [-0.39, 0.29) is 22.9 Å². The van der Waals surface area contributed by atoms with Crippen LogP contribution in [0, 0.1) is 17.8 Å². The number of nitrogens with zero attached hydrogens (tertiary/aromatic N) is 7. The van der Waals surface area contributed by atoms with Crippen LogP contribution >= 0.6 is 11.6 Å². The molecule has 0 saturated heterocycles. The molecule has 5 heterocycles. The molecule has 0 aliphatic carbocycles. The van der Waals surface area contributed by atoms with E-state index in [9.17, 15) is 9.59 Å². The lowest BCUT2D eigenvalue weighted by atomic mass is 9.97. The lowest BCUT2D eigenvalue weighted by Crippen LogP contribution is -2.27. The zero-order valence-corrected chi connectivity index (χ0v) is 25.0. The van der Waals surface area contributed by atoms with Gasteiger partial charge in [-0.2, -0.15) is 18.4 Å². The number of hydrogen-bond donors (Lipinski definition) is 2. The Balaban J connectivity index is 1.35. The van der Waals surface area contributed by atoms with Crippen LogP contribution in [0.2, 0.25) is 5.02 Å². The van der Waals surface area contributed by atoms with Crippen molar-refractivity contribution in [2.45, 2.75) is 38.8 Å². The van der Waals surface area contributed by atoms with Gasteiger partial charge in [-0.3, -0.25) is 10.1 Å². The normalized spacial score (nSPS) is 16.0. The molecule has 1 aliphatic rings. The van der Waals surface area contributed by atoms with E-state index in [1.807, 2.05) is 6.07 Å². The van der Waals surface area contributed by atoms with Crippen molar-refractivity contribution in [3.05, 3.63) is 100 Å². The largest absolute Gasteiger partial charge is 0.444 e. The van der Waals surface area contributed by atoms with E-state index in [1.165, 1.54) is 33.8 Å². The second kappa shape index (κ2) is 11.4. The average molecular weight is 634 g/mol. The molecular weight excluding hydrogens is 608 g/mol. The van der Waals surface area contributed by atoms with Gasteiger partial charge in [-0.1, -0.05) is 17.7 Å². The number of nitrogens with one attached hydrogen (secondary N) is 2. The highest BCUT2D eigenvalue weighted by atomic mass is 35.5. The number of fused-ring (bicyclic) bond motifs is 1. The molecule has 4 aromatic heterocycles. The van der Waals surface area contributed by atoms with Crippen LogP contribution in [0.5, 0.6) is 0 Å². The number of carbonyl (C=O) groups excluding carboxylic acids is 1. The Morgan fingerprint density at radius 3 is 2.62 bits per heavy atom. The maximum atomic E-state index is 15.5. The van der Waals surface area contributed by atoms with Gasteiger partial charge >= 0.3 is 6.09 Å². The molecule has 12 nitrogen and oxygen atoms in total. The van der Waals surface area contributed by atoms with Gasteiger partial charge in [-0.15, -0.1) is 11.7 Å². The lowest BCUT2D eigenvalue weighted by Gasteiger charge is -2.19. The van der Waals surface area contributed by atoms with E-state index in [2.05, 4.69) is 42.4 Å². The second-order valence-corrected chi connectivity index (χ2v) is 11.8. The number of aromatic amines is 1. The summed E-state index contributed by atoms with van der Waals surface area (Å²) in [4.78, 5) is 36.2. The van der Waals surface area contributed by atoms with Gasteiger partial charge in [-0.25, -0.2) is 9.78 Å². The molecule has 5 aromatic rings. The van der Waals surface area contributed by atoms with Crippen LogP contribution in [0.15, 0.2) is 66.2 Å². The summed E-state index contributed by atoms with van der Waals surface area (Å²) < 4.78 is 38.6. The van der Waals surface area contributed by atoms with Crippen LogP contribution in [0.3, 0.4) is 0 Å². The summed E-state index contributed by atoms with van der Waals surface area (Å²) in [6.07, 6.45) is 2.63. The number of H-pyrrole nitrogens is 1. The van der Waals surface area contributed by atoms with Crippen molar-refractivity contribution in [3.8, 4) is 28.2 Å². The Hall–Kier alpha value is -5.24. The van der Waals surface area contributed by atoms with Gasteiger partial charge in [0, 0.05) is 28.3 Å². The van der Waals surface area contributed by atoms with Crippen molar-refractivity contribution < 1.29 is 18.3 Å². The first-order chi connectivity index (χ1) is 21.4. The summed E-state index contributed by atoms with van der Waals surface area (Å²) >= 11 is 6.30. The Labute approximate surface area is 259 Å². The molecule has 15 heteroatoms. The second-order valence-electron chi connectivity index (χ2n) is 11.4. The minimum absolute atomic E-state index is 0.0176. The molecule has 6 rings (SSSR count). The molecule has 2 N–H and O–H groups in total. The van der Waals surface area contributed by atoms with Crippen LogP contribution in [0.4, 0.5) is 19.4 Å². The van der Waals surface area contributed by atoms with Crippen LogP contribution in [-0.4, -0.2) is 51.4 Å². The monoisotopic (exact) mass is 633 g/mol. The highest BCUT2D eigenvalue weighted by molar-refractivity contribution is 6.31. The van der Waals surface area contributed by atoms with Crippen molar-refractivity contribution in [2.24, 2.45) is 5.92 Å². The Morgan fingerprint density at radius 1 is 1.13 bits per heavy atom. The Kier molecular flexibility index (Phi) is 7.52. The smallest absolute Gasteiger partial charge is 0.413 e. The summed E-state index contributed by atoms with van der Waals surface area (Å²) in [6, 6.07) is 10.2.